The second-order valence-corrected chi connectivity index (χ2v) is 10.9. The van der Waals surface area contributed by atoms with Crippen LogP contribution in [0.3, 0.4) is 0 Å². The Labute approximate surface area is 205 Å². The van der Waals surface area contributed by atoms with Crippen molar-refractivity contribution in [2.45, 2.75) is 188 Å². The lowest BCUT2D eigenvalue weighted by molar-refractivity contribution is 0.395. The molecule has 0 aromatic carbocycles. The van der Waals surface area contributed by atoms with E-state index >= 15 is 0 Å². The maximum atomic E-state index is 4.50. The third-order valence-electron chi connectivity index (χ3n) is 7.39. The number of unbranched alkanes of at least 4 members (excludes halogenated alkanes) is 19. The summed E-state index contributed by atoms with van der Waals surface area (Å²) in [4.78, 5) is 0. The first-order valence-electron chi connectivity index (χ1n) is 15.4. The molecule has 0 aliphatic heterocycles. The van der Waals surface area contributed by atoms with Crippen molar-refractivity contribution in [2.75, 3.05) is 0 Å². The average Bonchev–Trinajstić information content (AvgIpc) is 2.79. The van der Waals surface area contributed by atoms with Crippen LogP contribution in [0.5, 0.6) is 0 Å². The zero-order valence-corrected chi connectivity index (χ0v) is 23.2. The molecule has 0 heterocycles. The molecule has 0 nitrogen and oxygen atoms in total. The number of hydrogen-bond donors (Lipinski definition) is 0. The van der Waals surface area contributed by atoms with Gasteiger partial charge in [0, 0.05) is 0 Å². The molecule has 0 radical (unpaired) electrons. The Morgan fingerprint density at radius 2 is 0.750 bits per heavy atom. The van der Waals surface area contributed by atoms with Gasteiger partial charge >= 0.3 is 0 Å². The summed E-state index contributed by atoms with van der Waals surface area (Å²) in [5.74, 6) is 0.919. The van der Waals surface area contributed by atoms with Gasteiger partial charge in [-0.3, -0.25) is 0 Å². The van der Waals surface area contributed by atoms with Crippen molar-refractivity contribution in [1.29, 1.82) is 0 Å². The Bertz CT molecular complexity index is 335. The third-order valence-corrected chi connectivity index (χ3v) is 7.39. The summed E-state index contributed by atoms with van der Waals surface area (Å²) in [6.45, 7) is 11.4. The summed E-state index contributed by atoms with van der Waals surface area (Å²) in [5.41, 5.74) is 1.56. The summed E-state index contributed by atoms with van der Waals surface area (Å²) >= 11 is 0. The van der Waals surface area contributed by atoms with Crippen molar-refractivity contribution in [3.05, 3.63) is 12.2 Å². The first kappa shape index (κ1) is 31.7. The zero-order valence-electron chi connectivity index (χ0n) is 23.2. The molecule has 0 aliphatic carbocycles. The zero-order chi connectivity index (χ0) is 23.5. The molecule has 0 atom stereocenters. The van der Waals surface area contributed by atoms with Crippen molar-refractivity contribution in [3.63, 3.8) is 0 Å². The number of allylic oxidation sites excluding steroid dienone is 1. The van der Waals surface area contributed by atoms with Gasteiger partial charge in [0.1, 0.15) is 0 Å². The quantitative estimate of drug-likeness (QED) is 0.0865. The molecular formula is C32H64. The second kappa shape index (κ2) is 27.0. The minimum atomic E-state index is 0.919. The maximum absolute atomic E-state index is 4.50. The predicted molar refractivity (Wildman–Crippen MR) is 150 cm³/mol. The van der Waals surface area contributed by atoms with E-state index in [9.17, 15) is 0 Å². The van der Waals surface area contributed by atoms with Gasteiger partial charge in [0.25, 0.3) is 0 Å². The van der Waals surface area contributed by atoms with Crippen LogP contribution in [-0.4, -0.2) is 0 Å². The van der Waals surface area contributed by atoms with Crippen molar-refractivity contribution in [2.24, 2.45) is 5.92 Å². The van der Waals surface area contributed by atoms with Gasteiger partial charge in [-0.1, -0.05) is 181 Å². The van der Waals surface area contributed by atoms with E-state index in [1.165, 1.54) is 167 Å². The van der Waals surface area contributed by atoms with Gasteiger partial charge < -0.3 is 0 Å². The summed E-state index contributed by atoms with van der Waals surface area (Å²) in [7, 11) is 0. The van der Waals surface area contributed by atoms with E-state index in [4.69, 9.17) is 0 Å². The first-order valence-corrected chi connectivity index (χ1v) is 15.4. The minimum absolute atomic E-state index is 0.919. The van der Waals surface area contributed by atoms with Crippen LogP contribution in [0.15, 0.2) is 12.2 Å². The lowest BCUT2D eigenvalue weighted by Gasteiger charge is -2.19. The SMILES string of the molecule is C=C(CCCCCCCC)CC(CCCCCCCCCC)CCCCCCCCCC. The molecule has 0 amide bonds. The van der Waals surface area contributed by atoms with Crippen LogP contribution in [0.25, 0.3) is 0 Å². The second-order valence-electron chi connectivity index (χ2n) is 10.9. The van der Waals surface area contributed by atoms with E-state index in [-0.39, 0.29) is 0 Å². The summed E-state index contributed by atoms with van der Waals surface area (Å²) in [5, 5.41) is 0. The molecule has 0 spiro atoms. The molecule has 0 rings (SSSR count). The fourth-order valence-electron chi connectivity index (χ4n) is 5.15. The van der Waals surface area contributed by atoms with Gasteiger partial charge in [0.2, 0.25) is 0 Å². The van der Waals surface area contributed by atoms with Crippen molar-refractivity contribution in [3.8, 4) is 0 Å². The van der Waals surface area contributed by atoms with Crippen LogP contribution in [-0.2, 0) is 0 Å². The molecule has 192 valence electrons. The highest BCUT2D eigenvalue weighted by Crippen LogP contribution is 2.27. The highest BCUT2D eigenvalue weighted by atomic mass is 14.2. The minimum Gasteiger partial charge on any atom is -0.0999 e. The molecule has 0 unspecified atom stereocenters. The lowest BCUT2D eigenvalue weighted by Crippen LogP contribution is -2.03. The van der Waals surface area contributed by atoms with Gasteiger partial charge in [-0.25, -0.2) is 0 Å². The fourth-order valence-corrected chi connectivity index (χ4v) is 5.15. The Hall–Kier alpha value is -0.260. The van der Waals surface area contributed by atoms with E-state index in [1.54, 1.807) is 5.57 Å². The fraction of sp³-hybridized carbons (Fsp3) is 0.938. The molecule has 0 N–H and O–H groups in total. The average molecular weight is 449 g/mol. The van der Waals surface area contributed by atoms with Gasteiger partial charge in [0.05, 0.1) is 0 Å². The molecule has 0 fully saturated rings. The number of rotatable bonds is 27. The third kappa shape index (κ3) is 24.4. The molecule has 0 saturated heterocycles. The molecule has 0 aromatic rings. The normalized spacial score (nSPS) is 11.5. The lowest BCUT2D eigenvalue weighted by atomic mass is 9.87. The first-order chi connectivity index (χ1) is 15.7. The van der Waals surface area contributed by atoms with Crippen LogP contribution in [0.2, 0.25) is 0 Å². The summed E-state index contributed by atoms with van der Waals surface area (Å²) in [6.07, 6.45) is 37.1. The van der Waals surface area contributed by atoms with Gasteiger partial charge in [-0.15, -0.1) is 0 Å². The van der Waals surface area contributed by atoms with Gasteiger partial charge in [0.15, 0.2) is 0 Å². The van der Waals surface area contributed by atoms with Crippen LogP contribution in [0.4, 0.5) is 0 Å². The van der Waals surface area contributed by atoms with Crippen molar-refractivity contribution < 1.29 is 0 Å². The maximum Gasteiger partial charge on any atom is -0.0294 e. The molecule has 0 aromatic heterocycles. The molecule has 32 heavy (non-hydrogen) atoms. The molecular weight excluding hydrogens is 384 g/mol. The number of hydrogen-bond acceptors (Lipinski definition) is 0. The van der Waals surface area contributed by atoms with E-state index in [1.807, 2.05) is 0 Å². The molecule has 0 heteroatoms. The largest absolute Gasteiger partial charge is 0.0999 e. The van der Waals surface area contributed by atoms with E-state index in [0.717, 1.165) is 5.92 Å². The van der Waals surface area contributed by atoms with Crippen molar-refractivity contribution in [1.82, 2.24) is 0 Å². The standard InChI is InChI=1S/C32H64/c1-5-8-11-14-17-19-22-25-28-32(29-26-23-20-18-15-12-9-6-2)30-31(4)27-24-21-16-13-10-7-3/h32H,4-30H2,1-3H3. The predicted octanol–water partition coefficient (Wildman–Crippen LogP) is 12.4. The van der Waals surface area contributed by atoms with Gasteiger partial charge in [-0.2, -0.15) is 0 Å². The van der Waals surface area contributed by atoms with E-state index in [0.29, 0.717) is 0 Å². The van der Waals surface area contributed by atoms with Crippen LogP contribution in [0, 0.1) is 5.92 Å². The van der Waals surface area contributed by atoms with Crippen LogP contribution in [0.1, 0.15) is 188 Å². The van der Waals surface area contributed by atoms with Crippen LogP contribution >= 0.6 is 0 Å². The molecule has 0 bridgehead atoms. The smallest absolute Gasteiger partial charge is 0.0294 e. The summed E-state index contributed by atoms with van der Waals surface area (Å²) in [6, 6.07) is 0. The highest BCUT2D eigenvalue weighted by molar-refractivity contribution is 4.95. The van der Waals surface area contributed by atoms with E-state index in [2.05, 4.69) is 27.4 Å². The van der Waals surface area contributed by atoms with Crippen molar-refractivity contribution >= 4 is 0 Å². The topological polar surface area (TPSA) is 0 Å². The Morgan fingerprint density at radius 3 is 1.12 bits per heavy atom. The summed E-state index contributed by atoms with van der Waals surface area (Å²) < 4.78 is 0. The van der Waals surface area contributed by atoms with Crippen LogP contribution < -0.4 is 0 Å². The van der Waals surface area contributed by atoms with E-state index < -0.39 is 0 Å². The monoisotopic (exact) mass is 449 g/mol. The molecule has 0 aliphatic rings. The Morgan fingerprint density at radius 1 is 0.438 bits per heavy atom. The van der Waals surface area contributed by atoms with Gasteiger partial charge in [-0.05, 0) is 25.2 Å². The molecule has 0 saturated carbocycles. The Balaban J connectivity index is 4.02. The highest BCUT2D eigenvalue weighted by Gasteiger charge is 2.11. The Kier molecular flexibility index (Phi) is 26.8.